The van der Waals surface area contributed by atoms with Crippen LogP contribution in [0.2, 0.25) is 0 Å². The van der Waals surface area contributed by atoms with Crippen molar-refractivity contribution in [2.24, 2.45) is 0 Å². The van der Waals surface area contributed by atoms with E-state index >= 15 is 0 Å². The van der Waals surface area contributed by atoms with Crippen molar-refractivity contribution in [2.75, 3.05) is 7.11 Å². The lowest BCUT2D eigenvalue weighted by atomic mass is 10.1. The van der Waals surface area contributed by atoms with Crippen LogP contribution in [0.5, 0.6) is 0 Å². The average molecular weight is 353 g/mol. The van der Waals surface area contributed by atoms with Gasteiger partial charge in [-0.2, -0.15) is 13.2 Å². The van der Waals surface area contributed by atoms with Gasteiger partial charge in [0.1, 0.15) is 0 Å². The first-order chi connectivity index (χ1) is 11.6. The van der Waals surface area contributed by atoms with Gasteiger partial charge in [0.15, 0.2) is 0 Å². The molecular weight excluding hydrogens is 331 g/mol. The smallest absolute Gasteiger partial charge is 0.416 e. The zero-order valence-electron chi connectivity index (χ0n) is 14.7. The van der Waals surface area contributed by atoms with E-state index in [0.717, 1.165) is 17.2 Å². The second kappa shape index (κ2) is 11.0. The van der Waals surface area contributed by atoms with Crippen molar-refractivity contribution in [3.63, 3.8) is 0 Å². The van der Waals surface area contributed by atoms with E-state index in [9.17, 15) is 18.0 Å². The molecule has 2 aromatic rings. The van der Waals surface area contributed by atoms with Crippen molar-refractivity contribution >= 4 is 11.5 Å². The van der Waals surface area contributed by atoms with E-state index in [-0.39, 0.29) is 11.5 Å². The highest BCUT2D eigenvalue weighted by molar-refractivity contribution is 5.65. The van der Waals surface area contributed by atoms with Crippen molar-refractivity contribution in [3.05, 3.63) is 72.1 Å². The van der Waals surface area contributed by atoms with Gasteiger partial charge in [-0.15, -0.1) is 0 Å². The summed E-state index contributed by atoms with van der Waals surface area (Å²) in [5.74, 6) is -0.245. The molecule has 0 aliphatic rings. The van der Waals surface area contributed by atoms with Crippen LogP contribution in [-0.4, -0.2) is 18.1 Å². The lowest BCUT2D eigenvalue weighted by Gasteiger charge is -2.08. The molecule has 2 rings (SSSR count). The predicted molar refractivity (Wildman–Crippen MR) is 92.8 cm³/mol. The minimum absolute atomic E-state index is 0.245. The first kappa shape index (κ1) is 22.4. The molecule has 0 aliphatic heterocycles. The molecule has 0 saturated heterocycles. The van der Waals surface area contributed by atoms with Crippen LogP contribution in [0.4, 0.5) is 13.2 Å². The SMILES string of the molecule is C=C(C)c1cccnc1.COC(C)=O.Cc1ccccc1C(F)(F)F. The Balaban J connectivity index is 0.000000372. The highest BCUT2D eigenvalue weighted by atomic mass is 19.4. The Kier molecular flexibility index (Phi) is 9.86. The fourth-order valence-electron chi connectivity index (χ4n) is 1.51. The summed E-state index contributed by atoms with van der Waals surface area (Å²) in [4.78, 5) is 13.5. The van der Waals surface area contributed by atoms with Gasteiger partial charge in [-0.1, -0.05) is 30.8 Å². The molecule has 0 spiro atoms. The number of hydrogen-bond acceptors (Lipinski definition) is 3. The summed E-state index contributed by atoms with van der Waals surface area (Å²) in [6.07, 6.45) is -0.653. The Morgan fingerprint density at radius 2 is 1.68 bits per heavy atom. The van der Waals surface area contributed by atoms with E-state index in [1.54, 1.807) is 12.3 Å². The lowest BCUT2D eigenvalue weighted by Crippen LogP contribution is -2.06. The average Bonchev–Trinajstić information content (AvgIpc) is 2.56. The van der Waals surface area contributed by atoms with Crippen molar-refractivity contribution in [3.8, 4) is 0 Å². The number of methoxy groups -OCH3 is 1. The molecule has 0 fully saturated rings. The minimum atomic E-state index is -4.22. The van der Waals surface area contributed by atoms with Gasteiger partial charge in [-0.3, -0.25) is 9.78 Å². The summed E-state index contributed by atoms with van der Waals surface area (Å²) in [7, 11) is 1.35. The number of alkyl halides is 3. The Morgan fingerprint density at radius 3 is 1.96 bits per heavy atom. The standard InChI is InChI=1S/C8H7F3.C8H9N.C3H6O2/c1-6-4-2-3-5-7(6)8(9,10)11;1-7(2)8-4-3-5-9-6-8;1-3(4)5-2/h2-5H,1H3;3-6H,1H2,2H3;1-2H3. The van der Waals surface area contributed by atoms with Crippen LogP contribution in [0.15, 0.2) is 55.4 Å². The van der Waals surface area contributed by atoms with Gasteiger partial charge in [0.25, 0.3) is 0 Å². The van der Waals surface area contributed by atoms with Gasteiger partial charge in [0.2, 0.25) is 0 Å². The van der Waals surface area contributed by atoms with E-state index < -0.39 is 11.7 Å². The van der Waals surface area contributed by atoms with Crippen LogP contribution in [0.1, 0.15) is 30.5 Å². The molecule has 25 heavy (non-hydrogen) atoms. The van der Waals surface area contributed by atoms with Crippen molar-refractivity contribution in [2.45, 2.75) is 26.9 Å². The predicted octanol–water partition coefficient (Wildman–Crippen LogP) is 5.31. The summed E-state index contributed by atoms with van der Waals surface area (Å²) in [6, 6.07) is 9.40. The fraction of sp³-hybridized carbons (Fsp3) is 0.263. The molecule has 1 aromatic carbocycles. The summed E-state index contributed by atoms with van der Waals surface area (Å²) in [5.41, 5.74) is 1.88. The number of ether oxygens (including phenoxy) is 1. The number of allylic oxidation sites excluding steroid dienone is 1. The van der Waals surface area contributed by atoms with Gasteiger partial charge in [0.05, 0.1) is 12.7 Å². The van der Waals surface area contributed by atoms with E-state index in [0.29, 0.717) is 0 Å². The highest BCUT2D eigenvalue weighted by Crippen LogP contribution is 2.31. The molecule has 1 aromatic heterocycles. The Labute approximate surface area is 146 Å². The first-order valence-electron chi connectivity index (χ1n) is 7.32. The maximum Gasteiger partial charge on any atom is 0.416 e. The van der Waals surface area contributed by atoms with Crippen LogP contribution in [0, 0.1) is 6.92 Å². The zero-order valence-corrected chi connectivity index (χ0v) is 14.7. The van der Waals surface area contributed by atoms with E-state index in [4.69, 9.17) is 0 Å². The summed E-state index contributed by atoms with van der Waals surface area (Å²) >= 11 is 0. The summed E-state index contributed by atoms with van der Waals surface area (Å²) < 4.78 is 40.3. The number of carbonyl (C=O) groups excluding carboxylic acids is 1. The molecule has 0 aliphatic carbocycles. The third-order valence-corrected chi connectivity index (χ3v) is 2.89. The second-order valence-corrected chi connectivity index (χ2v) is 5.03. The number of esters is 1. The summed E-state index contributed by atoms with van der Waals surface area (Å²) in [5, 5.41) is 0. The number of nitrogens with zero attached hydrogens (tertiary/aromatic N) is 1. The van der Waals surface area contributed by atoms with Crippen molar-refractivity contribution in [1.29, 1.82) is 0 Å². The number of carbonyl (C=O) groups is 1. The molecule has 6 heteroatoms. The normalized spacial score (nSPS) is 9.72. The molecule has 0 atom stereocenters. The van der Waals surface area contributed by atoms with Crippen LogP contribution >= 0.6 is 0 Å². The molecule has 136 valence electrons. The number of rotatable bonds is 1. The zero-order chi connectivity index (χ0) is 19.5. The Bertz CT molecular complexity index is 668. The van der Waals surface area contributed by atoms with E-state index in [2.05, 4.69) is 16.3 Å². The van der Waals surface area contributed by atoms with Gasteiger partial charge < -0.3 is 4.74 Å². The van der Waals surface area contributed by atoms with Crippen LogP contribution in [0.25, 0.3) is 5.57 Å². The third kappa shape index (κ3) is 9.96. The number of benzene rings is 1. The molecule has 0 N–H and O–H groups in total. The van der Waals surface area contributed by atoms with Gasteiger partial charge in [-0.05, 0) is 42.7 Å². The molecule has 3 nitrogen and oxygen atoms in total. The quantitative estimate of drug-likeness (QED) is 0.653. The second-order valence-electron chi connectivity index (χ2n) is 5.03. The van der Waals surface area contributed by atoms with Crippen LogP contribution in [0.3, 0.4) is 0 Å². The maximum atomic E-state index is 12.0. The van der Waals surface area contributed by atoms with E-state index in [1.807, 2.05) is 25.3 Å². The lowest BCUT2D eigenvalue weighted by molar-refractivity contribution is -0.138. The largest absolute Gasteiger partial charge is 0.469 e. The molecular formula is C19H22F3NO2. The van der Waals surface area contributed by atoms with Crippen molar-refractivity contribution < 1.29 is 22.7 Å². The molecule has 0 radical (unpaired) electrons. The highest BCUT2D eigenvalue weighted by Gasteiger charge is 2.31. The van der Waals surface area contributed by atoms with Crippen LogP contribution in [-0.2, 0) is 15.7 Å². The third-order valence-electron chi connectivity index (χ3n) is 2.89. The molecule has 0 unspecified atom stereocenters. The number of aryl methyl sites for hydroxylation is 1. The number of hydrogen-bond donors (Lipinski definition) is 0. The Hall–Kier alpha value is -2.63. The molecule has 1 heterocycles. The molecule has 0 saturated carbocycles. The molecule has 0 bridgehead atoms. The summed E-state index contributed by atoms with van der Waals surface area (Å²) in [6.45, 7) is 8.56. The minimum Gasteiger partial charge on any atom is -0.469 e. The topological polar surface area (TPSA) is 39.2 Å². The van der Waals surface area contributed by atoms with Gasteiger partial charge >= 0.3 is 12.1 Å². The fourth-order valence-corrected chi connectivity index (χ4v) is 1.51. The number of pyridine rings is 1. The van der Waals surface area contributed by atoms with Gasteiger partial charge in [0, 0.05) is 19.3 Å². The first-order valence-corrected chi connectivity index (χ1v) is 7.32. The monoisotopic (exact) mass is 353 g/mol. The number of aromatic nitrogens is 1. The van der Waals surface area contributed by atoms with Crippen LogP contribution < -0.4 is 0 Å². The van der Waals surface area contributed by atoms with Crippen molar-refractivity contribution in [1.82, 2.24) is 4.98 Å². The number of halogens is 3. The Morgan fingerprint density at radius 1 is 1.12 bits per heavy atom. The molecule has 0 amide bonds. The van der Waals surface area contributed by atoms with Gasteiger partial charge in [-0.25, -0.2) is 0 Å². The van der Waals surface area contributed by atoms with E-state index in [1.165, 1.54) is 33.1 Å². The maximum absolute atomic E-state index is 12.0.